The van der Waals surface area contributed by atoms with Gasteiger partial charge < -0.3 is 11.1 Å². The maximum Gasteiger partial charge on any atom is 0.275 e. The zero-order valence-electron chi connectivity index (χ0n) is 10.7. The van der Waals surface area contributed by atoms with Crippen molar-refractivity contribution in [1.82, 2.24) is 4.98 Å². The molecule has 0 unspecified atom stereocenters. The van der Waals surface area contributed by atoms with Crippen LogP contribution in [0.25, 0.3) is 0 Å². The first-order chi connectivity index (χ1) is 9.00. The summed E-state index contributed by atoms with van der Waals surface area (Å²) in [4.78, 5) is 16.3. The van der Waals surface area contributed by atoms with Gasteiger partial charge in [-0.1, -0.05) is 6.07 Å². The highest BCUT2D eigenvalue weighted by Gasteiger charge is 2.14. The molecule has 0 bridgehead atoms. The molecule has 1 aromatic carbocycles. The van der Waals surface area contributed by atoms with Crippen LogP contribution < -0.4 is 11.1 Å². The van der Waals surface area contributed by atoms with Gasteiger partial charge in [-0.25, -0.2) is 4.98 Å². The third kappa shape index (κ3) is 2.76. The van der Waals surface area contributed by atoms with Crippen molar-refractivity contribution in [3.63, 3.8) is 0 Å². The molecule has 0 aliphatic heterocycles. The van der Waals surface area contributed by atoms with Crippen LogP contribution in [0.3, 0.4) is 0 Å². The van der Waals surface area contributed by atoms with Crippen LogP contribution in [0.5, 0.6) is 0 Å². The van der Waals surface area contributed by atoms with Gasteiger partial charge >= 0.3 is 0 Å². The topological polar surface area (TPSA) is 68.0 Å². The normalized spacial score (nSPS) is 10.3. The summed E-state index contributed by atoms with van der Waals surface area (Å²) in [6, 6.07) is 7.25. The number of benzene rings is 1. The standard InChI is InChI=1S/C14H14BrN3O/c1-8-5-6-11(16)9(2)12(8)18-14(19)13-10(15)4-3-7-17-13/h3-7H,16H2,1-2H3,(H,18,19). The number of rotatable bonds is 2. The molecule has 0 fully saturated rings. The lowest BCUT2D eigenvalue weighted by Crippen LogP contribution is -2.16. The number of aryl methyl sites for hydroxylation is 1. The maximum atomic E-state index is 12.2. The lowest BCUT2D eigenvalue weighted by molar-refractivity contribution is 0.102. The van der Waals surface area contributed by atoms with Crippen LogP contribution >= 0.6 is 15.9 Å². The van der Waals surface area contributed by atoms with Crippen LogP contribution in [0.2, 0.25) is 0 Å². The number of aromatic nitrogens is 1. The molecule has 2 rings (SSSR count). The minimum Gasteiger partial charge on any atom is -0.398 e. The quantitative estimate of drug-likeness (QED) is 0.834. The van der Waals surface area contributed by atoms with E-state index in [1.807, 2.05) is 26.0 Å². The predicted molar refractivity (Wildman–Crippen MR) is 80.2 cm³/mol. The fourth-order valence-electron chi connectivity index (χ4n) is 1.78. The van der Waals surface area contributed by atoms with E-state index >= 15 is 0 Å². The average molecular weight is 320 g/mol. The number of nitrogens with two attached hydrogens (primary N) is 1. The number of nitrogens with zero attached hydrogens (tertiary/aromatic N) is 1. The lowest BCUT2D eigenvalue weighted by Gasteiger charge is -2.13. The number of halogens is 1. The maximum absolute atomic E-state index is 12.2. The van der Waals surface area contributed by atoms with Crippen molar-refractivity contribution in [3.8, 4) is 0 Å². The lowest BCUT2D eigenvalue weighted by atomic mass is 10.1. The van der Waals surface area contributed by atoms with Gasteiger partial charge in [-0.2, -0.15) is 0 Å². The summed E-state index contributed by atoms with van der Waals surface area (Å²) in [5, 5.41) is 2.86. The molecule has 5 heteroatoms. The van der Waals surface area contributed by atoms with Crippen LogP contribution in [0.4, 0.5) is 11.4 Å². The van der Waals surface area contributed by atoms with Crippen LogP contribution in [0, 0.1) is 13.8 Å². The van der Waals surface area contributed by atoms with Gasteiger partial charge in [0.05, 0.1) is 0 Å². The third-order valence-electron chi connectivity index (χ3n) is 2.93. The van der Waals surface area contributed by atoms with Gasteiger partial charge in [-0.15, -0.1) is 0 Å². The number of carbonyl (C=O) groups is 1. The predicted octanol–water partition coefficient (Wildman–Crippen LogP) is 3.30. The van der Waals surface area contributed by atoms with Gasteiger partial charge in [-0.05, 0) is 59.1 Å². The Bertz CT molecular complexity index is 641. The van der Waals surface area contributed by atoms with Crippen molar-refractivity contribution in [1.29, 1.82) is 0 Å². The molecule has 98 valence electrons. The van der Waals surface area contributed by atoms with E-state index in [1.54, 1.807) is 18.3 Å². The largest absolute Gasteiger partial charge is 0.398 e. The third-order valence-corrected chi connectivity index (χ3v) is 3.57. The molecular formula is C14H14BrN3O. The van der Waals surface area contributed by atoms with Gasteiger partial charge in [0.1, 0.15) is 5.69 Å². The van der Waals surface area contributed by atoms with Crippen molar-refractivity contribution in [2.75, 3.05) is 11.1 Å². The molecule has 1 aromatic heterocycles. The van der Waals surface area contributed by atoms with Crippen LogP contribution in [-0.4, -0.2) is 10.9 Å². The van der Waals surface area contributed by atoms with Crippen molar-refractivity contribution in [2.45, 2.75) is 13.8 Å². The highest BCUT2D eigenvalue weighted by atomic mass is 79.9. The zero-order valence-corrected chi connectivity index (χ0v) is 12.3. The first-order valence-corrected chi connectivity index (χ1v) is 6.57. The van der Waals surface area contributed by atoms with E-state index in [2.05, 4.69) is 26.2 Å². The Morgan fingerprint density at radius 1 is 1.32 bits per heavy atom. The van der Waals surface area contributed by atoms with Gasteiger partial charge in [0.2, 0.25) is 0 Å². The first kappa shape index (κ1) is 13.5. The number of nitrogens with one attached hydrogen (secondary N) is 1. The molecule has 4 nitrogen and oxygen atoms in total. The monoisotopic (exact) mass is 319 g/mol. The Labute approximate surface area is 120 Å². The van der Waals surface area contributed by atoms with Gasteiger partial charge in [-0.3, -0.25) is 4.79 Å². The van der Waals surface area contributed by atoms with E-state index in [4.69, 9.17) is 5.73 Å². The Hall–Kier alpha value is -1.88. The number of hydrogen-bond acceptors (Lipinski definition) is 3. The van der Waals surface area contributed by atoms with E-state index in [0.717, 1.165) is 16.8 Å². The summed E-state index contributed by atoms with van der Waals surface area (Å²) in [6.07, 6.45) is 1.58. The molecule has 0 radical (unpaired) electrons. The zero-order chi connectivity index (χ0) is 14.0. The molecule has 3 N–H and O–H groups in total. The van der Waals surface area contributed by atoms with E-state index in [1.165, 1.54) is 0 Å². The fourth-order valence-corrected chi connectivity index (χ4v) is 2.22. The second-order valence-electron chi connectivity index (χ2n) is 4.26. The van der Waals surface area contributed by atoms with Gasteiger partial charge in [0, 0.05) is 22.0 Å². The van der Waals surface area contributed by atoms with Crippen molar-refractivity contribution in [3.05, 3.63) is 51.8 Å². The molecule has 0 aliphatic rings. The molecular weight excluding hydrogens is 306 g/mol. The second kappa shape index (κ2) is 5.40. The summed E-state index contributed by atoms with van der Waals surface area (Å²) < 4.78 is 0.659. The molecule has 19 heavy (non-hydrogen) atoms. The van der Waals surface area contributed by atoms with Crippen molar-refractivity contribution in [2.24, 2.45) is 0 Å². The van der Waals surface area contributed by atoms with E-state index < -0.39 is 0 Å². The SMILES string of the molecule is Cc1ccc(N)c(C)c1NC(=O)c1ncccc1Br. The summed E-state index contributed by atoms with van der Waals surface area (Å²) >= 11 is 3.31. The number of nitrogen functional groups attached to an aromatic ring is 1. The van der Waals surface area contributed by atoms with E-state index in [9.17, 15) is 4.79 Å². The van der Waals surface area contributed by atoms with E-state index in [0.29, 0.717) is 15.9 Å². The highest BCUT2D eigenvalue weighted by molar-refractivity contribution is 9.10. The summed E-state index contributed by atoms with van der Waals surface area (Å²) in [5.74, 6) is -0.260. The van der Waals surface area contributed by atoms with Crippen LogP contribution in [0.15, 0.2) is 34.9 Å². The molecule has 0 saturated heterocycles. The second-order valence-corrected chi connectivity index (χ2v) is 5.11. The van der Waals surface area contributed by atoms with Crippen LogP contribution in [-0.2, 0) is 0 Å². The Balaban J connectivity index is 2.35. The molecule has 2 aromatic rings. The number of anilines is 2. The Kier molecular flexibility index (Phi) is 3.85. The molecule has 0 spiro atoms. The Morgan fingerprint density at radius 3 is 2.74 bits per heavy atom. The summed E-state index contributed by atoms with van der Waals surface area (Å²) in [7, 11) is 0. The average Bonchev–Trinajstić information content (AvgIpc) is 2.39. The summed E-state index contributed by atoms with van der Waals surface area (Å²) in [5.41, 5.74) is 9.43. The molecule has 1 amide bonds. The van der Waals surface area contributed by atoms with Gasteiger partial charge in [0.25, 0.3) is 5.91 Å². The van der Waals surface area contributed by atoms with Crippen molar-refractivity contribution < 1.29 is 4.79 Å². The molecule has 0 aliphatic carbocycles. The van der Waals surface area contributed by atoms with Crippen molar-refractivity contribution >= 4 is 33.2 Å². The van der Waals surface area contributed by atoms with Gasteiger partial charge in [0.15, 0.2) is 0 Å². The Morgan fingerprint density at radius 2 is 2.05 bits per heavy atom. The molecule has 0 atom stereocenters. The minimum atomic E-state index is -0.260. The van der Waals surface area contributed by atoms with Crippen LogP contribution in [0.1, 0.15) is 21.6 Å². The number of hydrogen-bond donors (Lipinski definition) is 2. The van der Waals surface area contributed by atoms with E-state index in [-0.39, 0.29) is 5.91 Å². The fraction of sp³-hybridized carbons (Fsp3) is 0.143. The molecule has 1 heterocycles. The smallest absolute Gasteiger partial charge is 0.275 e. The number of amides is 1. The highest BCUT2D eigenvalue weighted by Crippen LogP contribution is 2.26. The minimum absolute atomic E-state index is 0.260. The number of pyridine rings is 1. The summed E-state index contributed by atoms with van der Waals surface area (Å²) in [6.45, 7) is 3.81. The molecule has 0 saturated carbocycles. The number of carbonyl (C=O) groups excluding carboxylic acids is 1. The first-order valence-electron chi connectivity index (χ1n) is 5.78.